The fraction of sp³-hybridized carbons (Fsp3) is 0.364. The number of rotatable bonds is 4. The topological polar surface area (TPSA) is 26.3 Å². The zero-order chi connectivity index (χ0) is 11.4. The van der Waals surface area contributed by atoms with Crippen molar-refractivity contribution >= 4 is 29.0 Å². The summed E-state index contributed by atoms with van der Waals surface area (Å²) in [7, 11) is 0. The van der Waals surface area contributed by atoms with E-state index in [2.05, 4.69) is 0 Å². The molecule has 0 N–H and O–H groups in total. The highest BCUT2D eigenvalue weighted by atomic mass is 35.5. The van der Waals surface area contributed by atoms with Crippen LogP contribution in [0.3, 0.4) is 0 Å². The molecule has 1 rings (SSSR count). The number of ketones is 1. The van der Waals surface area contributed by atoms with Crippen molar-refractivity contribution in [3.63, 3.8) is 0 Å². The van der Waals surface area contributed by atoms with E-state index in [1.165, 1.54) is 0 Å². The average molecular weight is 247 g/mol. The number of Topliss-reactive ketones (excluding diaryl/α,β-unsaturated/α-hetero) is 1. The summed E-state index contributed by atoms with van der Waals surface area (Å²) in [6.45, 7) is 3.58. The molecular formula is C11H12Cl2O2. The minimum absolute atomic E-state index is 0.0510. The van der Waals surface area contributed by atoms with E-state index < -0.39 is 6.10 Å². The van der Waals surface area contributed by atoms with Crippen LogP contribution in [0.1, 0.15) is 12.5 Å². The summed E-state index contributed by atoms with van der Waals surface area (Å²) in [5.41, 5.74) is 1.03. The van der Waals surface area contributed by atoms with Crippen LogP contribution in [0.5, 0.6) is 5.75 Å². The Hall–Kier alpha value is -0.730. The lowest BCUT2D eigenvalue weighted by molar-refractivity contribution is -0.122. The third kappa shape index (κ3) is 3.40. The number of ether oxygens (including phenoxy) is 1. The maximum absolute atomic E-state index is 11.2. The summed E-state index contributed by atoms with van der Waals surface area (Å²) in [6.07, 6.45) is -0.568. The molecule has 4 heteroatoms. The van der Waals surface area contributed by atoms with Gasteiger partial charge in [-0.05, 0) is 31.5 Å². The van der Waals surface area contributed by atoms with Crippen LogP contribution in [0.25, 0.3) is 0 Å². The second-order valence-corrected chi connectivity index (χ2v) is 3.97. The first-order valence-electron chi connectivity index (χ1n) is 4.56. The summed E-state index contributed by atoms with van der Waals surface area (Å²) in [5, 5.41) is 0.495. The molecule has 0 saturated heterocycles. The summed E-state index contributed by atoms with van der Waals surface area (Å²) in [4.78, 5) is 11.2. The van der Waals surface area contributed by atoms with Gasteiger partial charge in [-0.3, -0.25) is 4.79 Å². The Morgan fingerprint density at radius 2 is 2.20 bits per heavy atom. The van der Waals surface area contributed by atoms with Gasteiger partial charge in [-0.15, -0.1) is 11.6 Å². The normalized spacial score (nSPS) is 12.3. The second-order valence-electron chi connectivity index (χ2n) is 3.29. The Kier molecular flexibility index (Phi) is 4.43. The number of aryl methyl sites for hydroxylation is 1. The third-order valence-corrected chi connectivity index (χ3v) is 2.55. The van der Waals surface area contributed by atoms with Gasteiger partial charge in [0.05, 0.1) is 10.9 Å². The first-order chi connectivity index (χ1) is 7.04. The molecule has 2 nitrogen and oxygen atoms in total. The predicted molar refractivity (Wildman–Crippen MR) is 62.0 cm³/mol. The van der Waals surface area contributed by atoms with Gasteiger partial charge in [-0.2, -0.15) is 0 Å². The molecule has 0 aliphatic heterocycles. The number of carbonyl (C=O) groups is 1. The Labute approximate surface area is 99.1 Å². The van der Waals surface area contributed by atoms with Crippen molar-refractivity contribution in [2.45, 2.75) is 20.0 Å². The van der Waals surface area contributed by atoms with E-state index in [0.29, 0.717) is 10.8 Å². The maximum Gasteiger partial charge on any atom is 0.187 e. The van der Waals surface area contributed by atoms with E-state index in [0.717, 1.165) is 5.56 Å². The van der Waals surface area contributed by atoms with Gasteiger partial charge >= 0.3 is 0 Å². The zero-order valence-electron chi connectivity index (χ0n) is 8.59. The van der Waals surface area contributed by atoms with Crippen molar-refractivity contribution in [2.75, 3.05) is 5.88 Å². The van der Waals surface area contributed by atoms with E-state index in [4.69, 9.17) is 27.9 Å². The van der Waals surface area contributed by atoms with Gasteiger partial charge in [-0.1, -0.05) is 17.7 Å². The minimum atomic E-state index is -0.568. The number of hydrogen-bond donors (Lipinski definition) is 0. The molecule has 0 heterocycles. The van der Waals surface area contributed by atoms with E-state index in [1.54, 1.807) is 19.1 Å². The van der Waals surface area contributed by atoms with Gasteiger partial charge in [0.15, 0.2) is 11.9 Å². The average Bonchev–Trinajstić information content (AvgIpc) is 2.22. The lowest BCUT2D eigenvalue weighted by atomic mass is 10.2. The van der Waals surface area contributed by atoms with Gasteiger partial charge < -0.3 is 4.74 Å². The summed E-state index contributed by atoms with van der Waals surface area (Å²) in [5.74, 6) is 0.307. The number of carbonyl (C=O) groups excluding carboxylic acids is 1. The van der Waals surface area contributed by atoms with Gasteiger partial charge in [0.25, 0.3) is 0 Å². The lowest BCUT2D eigenvalue weighted by Crippen LogP contribution is -2.24. The van der Waals surface area contributed by atoms with E-state index in [-0.39, 0.29) is 11.7 Å². The molecule has 0 bridgehead atoms. The van der Waals surface area contributed by atoms with Crippen LogP contribution in [0.4, 0.5) is 0 Å². The molecule has 0 fully saturated rings. The molecule has 0 amide bonds. The number of hydrogen-bond acceptors (Lipinski definition) is 2. The van der Waals surface area contributed by atoms with Gasteiger partial charge in [0, 0.05) is 0 Å². The van der Waals surface area contributed by atoms with Crippen LogP contribution in [-0.4, -0.2) is 17.8 Å². The van der Waals surface area contributed by atoms with E-state index in [9.17, 15) is 4.79 Å². The molecule has 0 aliphatic carbocycles. The fourth-order valence-corrected chi connectivity index (χ4v) is 1.45. The number of benzene rings is 1. The standard InChI is InChI=1S/C11H12Cl2O2/c1-7-3-4-9(13)11(5-7)15-8(2)10(14)6-12/h3-5,8H,6H2,1-2H3. The van der Waals surface area contributed by atoms with Gasteiger partial charge in [-0.25, -0.2) is 0 Å². The highest BCUT2D eigenvalue weighted by Gasteiger charge is 2.14. The van der Waals surface area contributed by atoms with Gasteiger partial charge in [0.2, 0.25) is 0 Å². The molecule has 1 aromatic carbocycles. The van der Waals surface area contributed by atoms with Crippen LogP contribution >= 0.6 is 23.2 Å². The quantitative estimate of drug-likeness (QED) is 0.763. The Morgan fingerprint density at radius 1 is 1.53 bits per heavy atom. The van der Waals surface area contributed by atoms with Crippen molar-refractivity contribution in [1.29, 1.82) is 0 Å². The summed E-state index contributed by atoms with van der Waals surface area (Å²) in [6, 6.07) is 5.41. The Balaban J connectivity index is 2.80. The second kappa shape index (κ2) is 5.38. The van der Waals surface area contributed by atoms with Crippen LogP contribution in [-0.2, 0) is 4.79 Å². The Bertz CT molecular complexity index is 364. The molecule has 1 unspecified atom stereocenters. The molecule has 0 aromatic heterocycles. The van der Waals surface area contributed by atoms with Gasteiger partial charge in [0.1, 0.15) is 5.75 Å². The highest BCUT2D eigenvalue weighted by Crippen LogP contribution is 2.26. The predicted octanol–water partition coefficient (Wildman–Crippen LogP) is 3.22. The SMILES string of the molecule is Cc1ccc(Cl)c(OC(C)C(=O)CCl)c1. The lowest BCUT2D eigenvalue weighted by Gasteiger charge is -2.13. The molecule has 0 radical (unpaired) electrons. The first kappa shape index (κ1) is 12.3. The fourth-order valence-electron chi connectivity index (χ4n) is 1.07. The molecule has 0 saturated carbocycles. The van der Waals surface area contributed by atoms with Crippen LogP contribution in [0.2, 0.25) is 5.02 Å². The zero-order valence-corrected chi connectivity index (χ0v) is 10.1. The first-order valence-corrected chi connectivity index (χ1v) is 5.47. The molecule has 1 aromatic rings. The third-order valence-electron chi connectivity index (χ3n) is 1.98. The minimum Gasteiger partial charge on any atom is -0.481 e. The van der Waals surface area contributed by atoms with Crippen molar-refractivity contribution in [3.8, 4) is 5.75 Å². The number of halogens is 2. The molecule has 15 heavy (non-hydrogen) atoms. The molecular weight excluding hydrogens is 235 g/mol. The van der Waals surface area contributed by atoms with Crippen LogP contribution in [0.15, 0.2) is 18.2 Å². The van der Waals surface area contributed by atoms with Crippen molar-refractivity contribution in [1.82, 2.24) is 0 Å². The Morgan fingerprint density at radius 3 is 2.80 bits per heavy atom. The molecule has 0 spiro atoms. The molecule has 0 aliphatic rings. The molecule has 1 atom stereocenters. The van der Waals surface area contributed by atoms with E-state index >= 15 is 0 Å². The van der Waals surface area contributed by atoms with E-state index in [1.807, 2.05) is 13.0 Å². The van der Waals surface area contributed by atoms with Crippen molar-refractivity contribution < 1.29 is 9.53 Å². The van der Waals surface area contributed by atoms with Crippen LogP contribution < -0.4 is 4.74 Å². The number of alkyl halides is 1. The molecule has 82 valence electrons. The van der Waals surface area contributed by atoms with Crippen molar-refractivity contribution in [3.05, 3.63) is 28.8 Å². The van der Waals surface area contributed by atoms with Crippen LogP contribution in [0, 0.1) is 6.92 Å². The smallest absolute Gasteiger partial charge is 0.187 e. The summed E-state index contributed by atoms with van der Waals surface area (Å²) >= 11 is 11.3. The maximum atomic E-state index is 11.2. The largest absolute Gasteiger partial charge is 0.481 e. The monoisotopic (exact) mass is 246 g/mol. The highest BCUT2D eigenvalue weighted by molar-refractivity contribution is 6.32. The summed E-state index contributed by atoms with van der Waals surface area (Å²) < 4.78 is 5.41. The van der Waals surface area contributed by atoms with Crippen molar-refractivity contribution in [2.24, 2.45) is 0 Å².